The highest BCUT2D eigenvalue weighted by molar-refractivity contribution is 8.15. The van der Waals surface area contributed by atoms with Gasteiger partial charge in [0.2, 0.25) is 11.8 Å². The van der Waals surface area contributed by atoms with Gasteiger partial charge in [0.25, 0.3) is 0 Å². The molecule has 0 aromatic heterocycles. The number of halogens is 1. The van der Waals surface area contributed by atoms with Crippen LogP contribution < -0.4 is 5.32 Å². The third-order valence-electron chi connectivity index (χ3n) is 4.42. The van der Waals surface area contributed by atoms with Crippen LogP contribution in [0.15, 0.2) is 53.5 Å². The van der Waals surface area contributed by atoms with E-state index in [1.165, 1.54) is 28.3 Å². The monoisotopic (exact) mass is 399 g/mol. The van der Waals surface area contributed by atoms with Crippen LogP contribution >= 0.6 is 11.8 Å². The number of carbonyl (C=O) groups is 2. The zero-order valence-corrected chi connectivity index (χ0v) is 16.6. The van der Waals surface area contributed by atoms with E-state index in [0.717, 1.165) is 6.42 Å². The number of para-hydroxylation sites is 1. The van der Waals surface area contributed by atoms with Crippen molar-refractivity contribution in [2.75, 3.05) is 11.9 Å². The summed E-state index contributed by atoms with van der Waals surface area (Å²) in [7, 11) is 0. The minimum absolute atomic E-state index is 0.0336. The van der Waals surface area contributed by atoms with Crippen LogP contribution in [0.3, 0.4) is 0 Å². The zero-order valence-electron chi connectivity index (χ0n) is 15.8. The molecule has 0 spiro atoms. The average Bonchev–Trinajstić information content (AvgIpc) is 2.98. The Morgan fingerprint density at radius 1 is 1.18 bits per heavy atom. The van der Waals surface area contributed by atoms with Crippen molar-refractivity contribution in [3.63, 3.8) is 0 Å². The van der Waals surface area contributed by atoms with Crippen LogP contribution in [0.25, 0.3) is 0 Å². The molecule has 28 heavy (non-hydrogen) atoms. The van der Waals surface area contributed by atoms with Crippen molar-refractivity contribution in [3.05, 3.63) is 59.9 Å². The molecule has 1 unspecified atom stereocenters. The minimum atomic E-state index is -0.569. The van der Waals surface area contributed by atoms with Gasteiger partial charge in [-0.1, -0.05) is 43.0 Å². The second-order valence-electron chi connectivity index (χ2n) is 6.34. The van der Waals surface area contributed by atoms with Crippen LogP contribution in [0.1, 0.15) is 25.8 Å². The number of aliphatic imine (C=N–C) groups is 1. The number of hydrogen-bond donors (Lipinski definition) is 1. The maximum Gasteiger partial charge on any atom is 0.242 e. The third-order valence-corrected chi connectivity index (χ3v) is 5.60. The quantitative estimate of drug-likeness (QED) is 0.785. The summed E-state index contributed by atoms with van der Waals surface area (Å²) in [4.78, 5) is 30.8. The lowest BCUT2D eigenvalue weighted by atomic mass is 10.1. The molecule has 2 aromatic rings. The summed E-state index contributed by atoms with van der Waals surface area (Å²) in [6.07, 6.45) is 0.963. The lowest BCUT2D eigenvalue weighted by Crippen LogP contribution is -2.33. The molecule has 1 atom stereocenters. The van der Waals surface area contributed by atoms with Crippen LogP contribution in [-0.4, -0.2) is 33.7 Å². The Labute approximate surface area is 168 Å². The summed E-state index contributed by atoms with van der Waals surface area (Å²) in [5, 5.41) is 2.67. The fraction of sp³-hybridized carbons (Fsp3) is 0.286. The maximum absolute atomic E-state index is 13.9. The highest BCUT2D eigenvalue weighted by Crippen LogP contribution is 2.32. The summed E-state index contributed by atoms with van der Waals surface area (Å²) < 4.78 is 13.9. The van der Waals surface area contributed by atoms with E-state index in [4.69, 9.17) is 0 Å². The highest BCUT2D eigenvalue weighted by atomic mass is 32.2. The Morgan fingerprint density at radius 2 is 1.89 bits per heavy atom. The number of nitrogens with one attached hydrogen (secondary N) is 1. The van der Waals surface area contributed by atoms with E-state index in [-0.39, 0.29) is 23.9 Å². The fourth-order valence-corrected chi connectivity index (χ4v) is 4.08. The maximum atomic E-state index is 13.9. The molecule has 5 nitrogen and oxygen atoms in total. The molecular weight excluding hydrogens is 377 g/mol. The van der Waals surface area contributed by atoms with Crippen molar-refractivity contribution in [3.8, 4) is 0 Å². The number of anilines is 1. The van der Waals surface area contributed by atoms with Gasteiger partial charge in [-0.2, -0.15) is 0 Å². The molecule has 2 aromatic carbocycles. The van der Waals surface area contributed by atoms with Crippen LogP contribution in [0.2, 0.25) is 0 Å². The van der Waals surface area contributed by atoms with Crippen molar-refractivity contribution >= 4 is 40.1 Å². The van der Waals surface area contributed by atoms with Gasteiger partial charge in [0, 0.05) is 18.7 Å². The Bertz CT molecular complexity index is 899. The van der Waals surface area contributed by atoms with Gasteiger partial charge in [-0.25, -0.2) is 9.38 Å². The van der Waals surface area contributed by atoms with Gasteiger partial charge in [-0.3, -0.25) is 14.5 Å². The first-order valence-corrected chi connectivity index (χ1v) is 10.1. The van der Waals surface area contributed by atoms with E-state index in [0.29, 0.717) is 17.4 Å². The predicted molar refractivity (Wildman–Crippen MR) is 111 cm³/mol. The van der Waals surface area contributed by atoms with Crippen LogP contribution in [0, 0.1) is 5.82 Å². The minimum Gasteiger partial charge on any atom is -0.326 e. The standard InChI is InChI=1S/C21H22FN3O2S/c1-3-14-9-11-15(12-10-14)23-19(26)13-18-20(27)25(4-2)21(28-18)24-17-8-6-5-7-16(17)22/h5-12,18H,3-4,13H2,1-2H3,(H,23,26). The lowest BCUT2D eigenvalue weighted by molar-refractivity contribution is -0.128. The summed E-state index contributed by atoms with van der Waals surface area (Å²) in [6.45, 7) is 4.30. The molecule has 1 fully saturated rings. The second kappa shape index (κ2) is 9.01. The molecule has 3 rings (SSSR count). The first kappa shape index (κ1) is 20.1. The molecule has 1 aliphatic heterocycles. The lowest BCUT2D eigenvalue weighted by Gasteiger charge is -2.13. The van der Waals surface area contributed by atoms with Gasteiger partial charge in [-0.15, -0.1) is 0 Å². The van der Waals surface area contributed by atoms with Gasteiger partial charge < -0.3 is 5.32 Å². The van der Waals surface area contributed by atoms with Crippen molar-refractivity contribution in [1.29, 1.82) is 0 Å². The Kier molecular flexibility index (Phi) is 6.46. The predicted octanol–water partition coefficient (Wildman–Crippen LogP) is 4.37. The third kappa shape index (κ3) is 4.59. The first-order valence-electron chi connectivity index (χ1n) is 9.21. The second-order valence-corrected chi connectivity index (χ2v) is 7.51. The molecule has 2 amide bonds. The van der Waals surface area contributed by atoms with Crippen molar-refractivity contribution < 1.29 is 14.0 Å². The normalized spacial score (nSPS) is 18.0. The number of thioether (sulfide) groups is 1. The number of nitrogens with zero attached hydrogens (tertiary/aromatic N) is 2. The Morgan fingerprint density at radius 3 is 2.54 bits per heavy atom. The summed E-state index contributed by atoms with van der Waals surface area (Å²) in [5.41, 5.74) is 2.06. The molecule has 0 bridgehead atoms. The molecule has 1 saturated heterocycles. The zero-order chi connectivity index (χ0) is 20.1. The smallest absolute Gasteiger partial charge is 0.242 e. The van der Waals surface area contributed by atoms with Gasteiger partial charge in [0.15, 0.2) is 5.17 Å². The van der Waals surface area contributed by atoms with Crippen LogP contribution in [0.5, 0.6) is 0 Å². The van der Waals surface area contributed by atoms with Crippen molar-refractivity contribution in [2.45, 2.75) is 31.9 Å². The SMILES string of the molecule is CCc1ccc(NC(=O)CC2SC(=Nc3ccccc3F)N(CC)C2=O)cc1. The van der Waals surface area contributed by atoms with Crippen molar-refractivity contribution in [1.82, 2.24) is 4.90 Å². The largest absolute Gasteiger partial charge is 0.326 e. The molecule has 1 heterocycles. The average molecular weight is 399 g/mol. The van der Waals surface area contributed by atoms with E-state index in [9.17, 15) is 14.0 Å². The molecule has 0 saturated carbocycles. The number of amides is 2. The highest BCUT2D eigenvalue weighted by Gasteiger charge is 2.38. The number of amidine groups is 1. The molecule has 1 aliphatic rings. The van der Waals surface area contributed by atoms with Gasteiger partial charge in [0.1, 0.15) is 16.8 Å². The first-order chi connectivity index (χ1) is 13.5. The summed E-state index contributed by atoms with van der Waals surface area (Å²) >= 11 is 1.20. The van der Waals surface area contributed by atoms with Crippen LogP contribution in [-0.2, 0) is 16.0 Å². The topological polar surface area (TPSA) is 61.8 Å². The number of hydrogen-bond acceptors (Lipinski definition) is 4. The van der Waals surface area contributed by atoms with E-state index >= 15 is 0 Å². The Balaban J connectivity index is 1.69. The number of carbonyl (C=O) groups excluding carboxylic acids is 2. The molecule has 7 heteroatoms. The number of aryl methyl sites for hydroxylation is 1. The van der Waals surface area contributed by atoms with Crippen molar-refractivity contribution in [2.24, 2.45) is 4.99 Å². The van der Waals surface area contributed by atoms with Gasteiger partial charge >= 0.3 is 0 Å². The van der Waals surface area contributed by atoms with Crippen LogP contribution in [0.4, 0.5) is 15.8 Å². The molecule has 146 valence electrons. The molecule has 0 radical (unpaired) electrons. The van der Waals surface area contributed by atoms with E-state index < -0.39 is 11.1 Å². The molecule has 0 aliphatic carbocycles. The summed E-state index contributed by atoms with van der Waals surface area (Å²) in [5.74, 6) is -0.867. The fourth-order valence-electron chi connectivity index (χ4n) is 2.87. The molecular formula is C21H22FN3O2S. The van der Waals surface area contributed by atoms with Gasteiger partial charge in [-0.05, 0) is 43.2 Å². The Hall–Kier alpha value is -2.67. The van der Waals surface area contributed by atoms with Gasteiger partial charge in [0.05, 0.1) is 0 Å². The number of benzene rings is 2. The number of rotatable bonds is 6. The van der Waals surface area contributed by atoms with E-state index in [1.807, 2.05) is 31.2 Å². The molecule has 1 N–H and O–H groups in total. The van der Waals surface area contributed by atoms with E-state index in [2.05, 4.69) is 17.2 Å². The summed E-state index contributed by atoms with van der Waals surface area (Å²) in [6, 6.07) is 13.8. The van der Waals surface area contributed by atoms with E-state index in [1.54, 1.807) is 18.2 Å².